The normalized spacial score (nSPS) is 13.1. The molecule has 142 valence electrons. The number of rotatable bonds is 11. The molecular weight excluding hydrogens is 322 g/mol. The highest BCUT2D eigenvalue weighted by Crippen LogP contribution is 2.29. The van der Waals surface area contributed by atoms with E-state index in [4.69, 9.17) is 9.47 Å². The first kappa shape index (κ1) is 20.2. The van der Waals surface area contributed by atoms with Crippen molar-refractivity contribution in [3.63, 3.8) is 0 Å². The lowest BCUT2D eigenvalue weighted by atomic mass is 9.98. The van der Waals surface area contributed by atoms with Crippen molar-refractivity contribution < 1.29 is 9.47 Å². The van der Waals surface area contributed by atoms with Crippen molar-refractivity contribution in [3.8, 4) is 11.5 Å². The van der Waals surface area contributed by atoms with E-state index in [1.807, 2.05) is 18.2 Å². The van der Waals surface area contributed by atoms with Crippen molar-refractivity contribution in [2.75, 3.05) is 18.5 Å². The molecule has 3 heteroatoms. The summed E-state index contributed by atoms with van der Waals surface area (Å²) in [5.74, 6) is 2.41. The fourth-order valence-electron chi connectivity index (χ4n) is 2.77. The molecule has 0 saturated heterocycles. The van der Waals surface area contributed by atoms with E-state index in [0.717, 1.165) is 49.6 Å². The van der Waals surface area contributed by atoms with Gasteiger partial charge in [0.05, 0.1) is 13.2 Å². The van der Waals surface area contributed by atoms with E-state index in [1.165, 1.54) is 5.56 Å². The number of anilines is 1. The minimum atomic E-state index is 0.0740. The SMILES string of the molecule is CCCCOc1cccc(NCC(C)Oc2ccccc2C(C)CC)c1. The molecule has 0 aliphatic heterocycles. The molecule has 0 amide bonds. The maximum Gasteiger partial charge on any atom is 0.123 e. The molecule has 2 atom stereocenters. The molecule has 3 nitrogen and oxygen atoms in total. The van der Waals surface area contributed by atoms with Crippen molar-refractivity contribution in [2.45, 2.75) is 59.0 Å². The van der Waals surface area contributed by atoms with Gasteiger partial charge >= 0.3 is 0 Å². The van der Waals surface area contributed by atoms with Gasteiger partial charge in [-0.1, -0.05) is 51.5 Å². The third kappa shape index (κ3) is 6.29. The summed E-state index contributed by atoms with van der Waals surface area (Å²) in [6, 6.07) is 16.5. The summed E-state index contributed by atoms with van der Waals surface area (Å²) in [6.45, 7) is 10.2. The Labute approximate surface area is 158 Å². The van der Waals surface area contributed by atoms with Crippen molar-refractivity contribution in [1.82, 2.24) is 0 Å². The highest BCUT2D eigenvalue weighted by molar-refractivity contribution is 5.48. The lowest BCUT2D eigenvalue weighted by Gasteiger charge is -2.21. The molecule has 26 heavy (non-hydrogen) atoms. The number of unbranched alkanes of at least 4 members (excludes halogenated alkanes) is 1. The van der Waals surface area contributed by atoms with Gasteiger partial charge < -0.3 is 14.8 Å². The number of benzene rings is 2. The molecule has 0 heterocycles. The van der Waals surface area contributed by atoms with E-state index in [1.54, 1.807) is 0 Å². The summed E-state index contributed by atoms with van der Waals surface area (Å²) >= 11 is 0. The monoisotopic (exact) mass is 355 g/mol. The number of para-hydroxylation sites is 1. The van der Waals surface area contributed by atoms with Crippen molar-refractivity contribution >= 4 is 5.69 Å². The van der Waals surface area contributed by atoms with Crippen LogP contribution in [0, 0.1) is 0 Å². The van der Waals surface area contributed by atoms with Gasteiger partial charge in [0.25, 0.3) is 0 Å². The van der Waals surface area contributed by atoms with Crippen LogP contribution in [0.5, 0.6) is 11.5 Å². The topological polar surface area (TPSA) is 30.5 Å². The predicted octanol–water partition coefficient (Wildman–Crippen LogP) is 6.26. The first-order valence-electron chi connectivity index (χ1n) is 9.86. The lowest BCUT2D eigenvalue weighted by Crippen LogP contribution is -2.23. The molecule has 0 radical (unpaired) electrons. The maximum absolute atomic E-state index is 6.21. The van der Waals surface area contributed by atoms with Crippen LogP contribution in [0.15, 0.2) is 48.5 Å². The molecule has 0 fully saturated rings. The fourth-order valence-corrected chi connectivity index (χ4v) is 2.77. The van der Waals surface area contributed by atoms with Gasteiger partial charge in [-0.15, -0.1) is 0 Å². The Hall–Kier alpha value is -2.16. The molecule has 0 aliphatic carbocycles. The summed E-state index contributed by atoms with van der Waals surface area (Å²) in [5.41, 5.74) is 2.35. The Kier molecular flexibility index (Phi) is 8.33. The second-order valence-electron chi connectivity index (χ2n) is 6.89. The molecule has 2 aromatic carbocycles. The van der Waals surface area contributed by atoms with Crippen molar-refractivity contribution in [2.24, 2.45) is 0 Å². The zero-order valence-corrected chi connectivity index (χ0v) is 16.6. The molecule has 0 bridgehead atoms. The van der Waals surface area contributed by atoms with Crippen molar-refractivity contribution in [3.05, 3.63) is 54.1 Å². The molecule has 2 unspecified atom stereocenters. The van der Waals surface area contributed by atoms with Gasteiger partial charge in [-0.05, 0) is 49.4 Å². The van der Waals surface area contributed by atoms with Crippen LogP contribution < -0.4 is 14.8 Å². The predicted molar refractivity (Wildman–Crippen MR) is 111 cm³/mol. The zero-order chi connectivity index (χ0) is 18.8. The van der Waals surface area contributed by atoms with Crippen LogP contribution in [0.4, 0.5) is 5.69 Å². The van der Waals surface area contributed by atoms with Crippen LogP contribution in [0.25, 0.3) is 0 Å². The second kappa shape index (κ2) is 10.7. The summed E-state index contributed by atoms with van der Waals surface area (Å²) in [7, 11) is 0. The van der Waals surface area contributed by atoms with Crippen LogP contribution >= 0.6 is 0 Å². The third-order valence-corrected chi connectivity index (χ3v) is 4.58. The Morgan fingerprint density at radius 3 is 2.58 bits per heavy atom. The molecular formula is C23H33NO2. The third-order valence-electron chi connectivity index (χ3n) is 4.58. The first-order valence-corrected chi connectivity index (χ1v) is 9.86. The molecule has 1 N–H and O–H groups in total. The van der Waals surface area contributed by atoms with Crippen LogP contribution in [0.2, 0.25) is 0 Å². The van der Waals surface area contributed by atoms with Crippen LogP contribution in [0.3, 0.4) is 0 Å². The largest absolute Gasteiger partial charge is 0.494 e. The van der Waals surface area contributed by atoms with Gasteiger partial charge in [0, 0.05) is 11.8 Å². The van der Waals surface area contributed by atoms with Gasteiger partial charge in [-0.25, -0.2) is 0 Å². The number of nitrogens with one attached hydrogen (secondary N) is 1. The molecule has 0 aliphatic rings. The van der Waals surface area contributed by atoms with E-state index in [0.29, 0.717) is 5.92 Å². The Morgan fingerprint density at radius 1 is 1.00 bits per heavy atom. The second-order valence-corrected chi connectivity index (χ2v) is 6.89. The number of ether oxygens (including phenoxy) is 2. The minimum Gasteiger partial charge on any atom is -0.494 e. The van der Waals surface area contributed by atoms with Crippen LogP contribution in [0.1, 0.15) is 58.4 Å². The van der Waals surface area contributed by atoms with Crippen LogP contribution in [-0.4, -0.2) is 19.3 Å². The summed E-state index contributed by atoms with van der Waals surface area (Å²) in [6.07, 6.45) is 3.41. The van der Waals surface area contributed by atoms with Gasteiger partial charge in [-0.3, -0.25) is 0 Å². The fraction of sp³-hybridized carbons (Fsp3) is 0.478. The van der Waals surface area contributed by atoms with Gasteiger partial charge in [0.15, 0.2) is 0 Å². The highest BCUT2D eigenvalue weighted by Gasteiger charge is 2.12. The molecule has 0 saturated carbocycles. The molecule has 0 spiro atoms. The Balaban J connectivity index is 1.89. The summed E-state index contributed by atoms with van der Waals surface area (Å²) in [5, 5.41) is 3.45. The number of hydrogen-bond donors (Lipinski definition) is 1. The first-order chi connectivity index (χ1) is 12.6. The maximum atomic E-state index is 6.21. The lowest BCUT2D eigenvalue weighted by molar-refractivity contribution is 0.231. The Bertz CT molecular complexity index is 656. The standard InChI is InChI=1S/C23H33NO2/c1-5-7-15-25-21-12-10-11-20(16-21)24-17-19(4)26-23-14-9-8-13-22(23)18(3)6-2/h8-14,16,18-19,24H,5-7,15,17H2,1-4H3. The van der Waals surface area contributed by atoms with E-state index in [9.17, 15) is 0 Å². The van der Waals surface area contributed by atoms with E-state index in [2.05, 4.69) is 63.3 Å². The smallest absolute Gasteiger partial charge is 0.123 e. The zero-order valence-electron chi connectivity index (χ0n) is 16.6. The highest BCUT2D eigenvalue weighted by atomic mass is 16.5. The molecule has 2 aromatic rings. The van der Waals surface area contributed by atoms with E-state index in [-0.39, 0.29) is 6.10 Å². The van der Waals surface area contributed by atoms with Crippen molar-refractivity contribution in [1.29, 1.82) is 0 Å². The Morgan fingerprint density at radius 2 is 1.81 bits per heavy atom. The van der Waals surface area contributed by atoms with E-state index >= 15 is 0 Å². The summed E-state index contributed by atoms with van der Waals surface area (Å²) < 4.78 is 12.0. The summed E-state index contributed by atoms with van der Waals surface area (Å²) in [4.78, 5) is 0. The molecule has 2 rings (SSSR count). The minimum absolute atomic E-state index is 0.0740. The van der Waals surface area contributed by atoms with Gasteiger partial charge in [-0.2, -0.15) is 0 Å². The van der Waals surface area contributed by atoms with Gasteiger partial charge in [0.1, 0.15) is 17.6 Å². The number of hydrogen-bond acceptors (Lipinski definition) is 3. The average molecular weight is 356 g/mol. The van der Waals surface area contributed by atoms with Gasteiger partial charge in [0.2, 0.25) is 0 Å². The quantitative estimate of drug-likeness (QED) is 0.483. The van der Waals surface area contributed by atoms with E-state index < -0.39 is 0 Å². The average Bonchev–Trinajstić information content (AvgIpc) is 2.67. The molecule has 0 aromatic heterocycles. The van der Waals surface area contributed by atoms with Crippen LogP contribution in [-0.2, 0) is 0 Å².